The van der Waals surface area contributed by atoms with Crippen molar-refractivity contribution in [1.82, 2.24) is 10.2 Å². The smallest absolute Gasteiger partial charge is 0.264 e. The van der Waals surface area contributed by atoms with Crippen LogP contribution in [0, 0.1) is 0 Å². The zero-order valence-corrected chi connectivity index (χ0v) is 6.09. The fourth-order valence-electron chi connectivity index (χ4n) is 0.707. The molecule has 0 unspecified atom stereocenters. The number of hydrogen-bond donors (Lipinski definition) is 1. The Hall–Kier alpha value is -1.12. The monoisotopic (exact) mass is 138 g/mol. The van der Waals surface area contributed by atoms with E-state index in [1.54, 1.807) is 12.3 Å². The zero-order chi connectivity index (χ0) is 7.56. The first-order valence-corrected chi connectivity index (χ1v) is 3.25. The van der Waals surface area contributed by atoms with Crippen LogP contribution in [0.1, 0.15) is 25.3 Å². The second-order valence-corrected chi connectivity index (χ2v) is 2.53. The molecule has 0 atom stereocenters. The van der Waals surface area contributed by atoms with Crippen molar-refractivity contribution in [2.24, 2.45) is 0 Å². The third-order valence-corrected chi connectivity index (χ3v) is 1.35. The van der Waals surface area contributed by atoms with E-state index in [2.05, 4.69) is 10.2 Å². The number of H-pyrrole nitrogens is 1. The van der Waals surface area contributed by atoms with Crippen molar-refractivity contribution in [2.45, 2.75) is 19.8 Å². The molecule has 0 aromatic carbocycles. The van der Waals surface area contributed by atoms with Crippen molar-refractivity contribution >= 4 is 0 Å². The summed E-state index contributed by atoms with van der Waals surface area (Å²) in [5.41, 5.74) is 0.843. The van der Waals surface area contributed by atoms with Gasteiger partial charge < -0.3 is 0 Å². The van der Waals surface area contributed by atoms with Crippen LogP contribution in [0.15, 0.2) is 17.1 Å². The summed E-state index contributed by atoms with van der Waals surface area (Å²) < 4.78 is 0. The normalized spacial score (nSPS) is 10.3. The van der Waals surface area contributed by atoms with Gasteiger partial charge in [-0.2, -0.15) is 5.10 Å². The van der Waals surface area contributed by atoms with Gasteiger partial charge in [-0.1, -0.05) is 13.8 Å². The molecule has 1 heterocycles. The quantitative estimate of drug-likeness (QED) is 0.626. The van der Waals surface area contributed by atoms with Gasteiger partial charge in [0.15, 0.2) is 0 Å². The van der Waals surface area contributed by atoms with E-state index in [1.165, 1.54) is 0 Å². The molecule has 0 saturated carbocycles. The van der Waals surface area contributed by atoms with Crippen LogP contribution in [0.4, 0.5) is 0 Å². The van der Waals surface area contributed by atoms with E-state index in [9.17, 15) is 4.79 Å². The molecule has 0 aliphatic carbocycles. The first kappa shape index (κ1) is 6.99. The molecule has 10 heavy (non-hydrogen) atoms. The van der Waals surface area contributed by atoms with Crippen molar-refractivity contribution in [3.05, 3.63) is 28.2 Å². The van der Waals surface area contributed by atoms with Crippen LogP contribution in [0.2, 0.25) is 0 Å². The van der Waals surface area contributed by atoms with E-state index in [-0.39, 0.29) is 5.56 Å². The van der Waals surface area contributed by atoms with Gasteiger partial charge in [0.1, 0.15) is 0 Å². The molecule has 1 rings (SSSR count). The van der Waals surface area contributed by atoms with E-state index in [0.717, 1.165) is 5.56 Å². The Bertz CT molecular complexity index is 264. The maximum atomic E-state index is 10.7. The molecular formula is C7H10N2O. The largest absolute Gasteiger partial charge is 0.268 e. The number of aromatic amines is 1. The molecule has 0 fully saturated rings. The van der Waals surface area contributed by atoms with Gasteiger partial charge in [0.25, 0.3) is 5.56 Å². The Morgan fingerprint density at radius 3 is 2.70 bits per heavy atom. The molecular weight excluding hydrogens is 128 g/mol. The van der Waals surface area contributed by atoms with Crippen molar-refractivity contribution in [3.63, 3.8) is 0 Å². The van der Waals surface area contributed by atoms with E-state index in [1.807, 2.05) is 13.8 Å². The van der Waals surface area contributed by atoms with Gasteiger partial charge in [-0.05, 0) is 11.5 Å². The predicted octanol–water partition coefficient (Wildman–Crippen LogP) is 0.893. The van der Waals surface area contributed by atoms with E-state index < -0.39 is 0 Å². The van der Waals surface area contributed by atoms with Gasteiger partial charge >= 0.3 is 0 Å². The number of hydrogen-bond acceptors (Lipinski definition) is 2. The molecule has 0 bridgehead atoms. The molecule has 0 aliphatic rings. The third-order valence-electron chi connectivity index (χ3n) is 1.35. The lowest BCUT2D eigenvalue weighted by Crippen LogP contribution is -2.07. The summed E-state index contributed by atoms with van der Waals surface area (Å²) in [6, 6.07) is 1.57. The lowest BCUT2D eigenvalue weighted by atomic mass is 10.1. The van der Waals surface area contributed by atoms with Crippen molar-refractivity contribution in [3.8, 4) is 0 Å². The summed E-state index contributed by atoms with van der Waals surface area (Å²) in [6.45, 7) is 4.05. The maximum absolute atomic E-state index is 10.7. The topological polar surface area (TPSA) is 45.8 Å². The summed E-state index contributed by atoms with van der Waals surface area (Å²) in [6.07, 6.45) is 1.67. The molecule has 3 heteroatoms. The van der Waals surface area contributed by atoms with Crippen LogP contribution >= 0.6 is 0 Å². The number of nitrogens with zero attached hydrogens (tertiary/aromatic N) is 1. The summed E-state index contributed by atoms with van der Waals surface area (Å²) >= 11 is 0. The standard InChI is InChI=1S/C7H10N2O/c1-5(2)6-3-7(10)9-8-4-6/h3-5H,1-2H3,(H,9,10). The van der Waals surface area contributed by atoms with Crippen LogP contribution in [0.3, 0.4) is 0 Å². The molecule has 1 aromatic heterocycles. The van der Waals surface area contributed by atoms with Crippen LogP contribution in [-0.4, -0.2) is 10.2 Å². The average Bonchev–Trinajstić information content (AvgIpc) is 1.88. The molecule has 0 aliphatic heterocycles. The van der Waals surface area contributed by atoms with Gasteiger partial charge in [-0.15, -0.1) is 0 Å². The lowest BCUT2D eigenvalue weighted by molar-refractivity contribution is 0.832. The molecule has 0 spiro atoms. The fourth-order valence-corrected chi connectivity index (χ4v) is 0.707. The molecule has 1 N–H and O–H groups in total. The second kappa shape index (κ2) is 2.64. The van der Waals surface area contributed by atoms with E-state index in [0.29, 0.717) is 5.92 Å². The SMILES string of the molecule is CC(C)c1cn[nH]c(=O)c1. The Labute approximate surface area is 59.1 Å². The minimum absolute atomic E-state index is 0.133. The zero-order valence-electron chi connectivity index (χ0n) is 6.09. The van der Waals surface area contributed by atoms with Crippen LogP contribution < -0.4 is 5.56 Å². The van der Waals surface area contributed by atoms with Crippen molar-refractivity contribution in [2.75, 3.05) is 0 Å². The maximum Gasteiger partial charge on any atom is 0.264 e. The Balaban J connectivity index is 3.07. The van der Waals surface area contributed by atoms with Gasteiger partial charge in [0.2, 0.25) is 0 Å². The van der Waals surface area contributed by atoms with Crippen molar-refractivity contribution < 1.29 is 0 Å². The molecule has 0 radical (unpaired) electrons. The molecule has 1 aromatic rings. The van der Waals surface area contributed by atoms with Crippen LogP contribution in [-0.2, 0) is 0 Å². The minimum Gasteiger partial charge on any atom is -0.268 e. The van der Waals surface area contributed by atoms with Gasteiger partial charge in [-0.25, -0.2) is 5.10 Å². The molecule has 3 nitrogen and oxygen atoms in total. The van der Waals surface area contributed by atoms with Gasteiger partial charge in [-0.3, -0.25) is 4.79 Å². The number of nitrogens with one attached hydrogen (secondary N) is 1. The Kier molecular flexibility index (Phi) is 1.85. The molecule has 0 amide bonds. The van der Waals surface area contributed by atoms with E-state index in [4.69, 9.17) is 0 Å². The lowest BCUT2D eigenvalue weighted by Gasteiger charge is -2.00. The highest BCUT2D eigenvalue weighted by Gasteiger charge is 1.97. The van der Waals surface area contributed by atoms with Gasteiger partial charge in [0.05, 0.1) is 6.20 Å². The molecule has 0 saturated heterocycles. The summed E-state index contributed by atoms with van der Waals surface area (Å²) in [7, 11) is 0. The van der Waals surface area contributed by atoms with E-state index >= 15 is 0 Å². The van der Waals surface area contributed by atoms with Crippen molar-refractivity contribution in [1.29, 1.82) is 0 Å². The average molecular weight is 138 g/mol. The number of rotatable bonds is 1. The Morgan fingerprint density at radius 1 is 1.60 bits per heavy atom. The van der Waals surface area contributed by atoms with Crippen LogP contribution in [0.25, 0.3) is 0 Å². The third kappa shape index (κ3) is 1.43. The number of aromatic nitrogens is 2. The summed E-state index contributed by atoms with van der Waals surface area (Å²) in [5, 5.41) is 5.99. The predicted molar refractivity (Wildman–Crippen MR) is 38.9 cm³/mol. The minimum atomic E-state index is -0.133. The first-order chi connectivity index (χ1) is 4.70. The highest BCUT2D eigenvalue weighted by atomic mass is 16.1. The summed E-state index contributed by atoms with van der Waals surface area (Å²) in [5.74, 6) is 0.370. The second-order valence-electron chi connectivity index (χ2n) is 2.53. The van der Waals surface area contributed by atoms with Gasteiger partial charge in [0, 0.05) is 6.07 Å². The Morgan fingerprint density at radius 2 is 2.30 bits per heavy atom. The highest BCUT2D eigenvalue weighted by Crippen LogP contribution is 2.08. The fraction of sp³-hybridized carbons (Fsp3) is 0.429. The first-order valence-electron chi connectivity index (χ1n) is 3.25. The van der Waals surface area contributed by atoms with Crippen LogP contribution in [0.5, 0.6) is 0 Å². The highest BCUT2D eigenvalue weighted by molar-refractivity contribution is 5.09. The molecule has 54 valence electrons. The summed E-state index contributed by atoms with van der Waals surface area (Å²) in [4.78, 5) is 10.7.